The van der Waals surface area contributed by atoms with Crippen molar-refractivity contribution in [2.75, 3.05) is 12.1 Å². The van der Waals surface area contributed by atoms with Gasteiger partial charge in [0.25, 0.3) is 5.56 Å². The number of hydrogen-bond donors (Lipinski definition) is 1. The molecule has 0 saturated carbocycles. The van der Waals surface area contributed by atoms with Crippen molar-refractivity contribution < 1.29 is 14.3 Å². The molecule has 144 valence electrons. The Labute approximate surface area is 164 Å². The Morgan fingerprint density at radius 3 is 2.79 bits per heavy atom. The van der Waals surface area contributed by atoms with Gasteiger partial charge in [0.1, 0.15) is 18.3 Å². The van der Waals surface area contributed by atoms with E-state index in [1.807, 2.05) is 30.3 Å². The maximum atomic E-state index is 12.8. The highest BCUT2D eigenvalue weighted by Gasteiger charge is 2.16. The van der Waals surface area contributed by atoms with Crippen LogP contribution in [0.5, 0.6) is 11.5 Å². The molecule has 1 N–H and O–H groups in total. The molecule has 2 aromatic carbocycles. The summed E-state index contributed by atoms with van der Waals surface area (Å²) in [7, 11) is 0. The minimum absolute atomic E-state index is 0.157. The first-order valence-electron chi connectivity index (χ1n) is 8.87. The van der Waals surface area contributed by atoms with Gasteiger partial charge in [-0.3, -0.25) is 14.2 Å². The van der Waals surface area contributed by atoms with E-state index in [0.29, 0.717) is 28.2 Å². The van der Waals surface area contributed by atoms with Crippen molar-refractivity contribution in [1.82, 2.24) is 19.3 Å². The summed E-state index contributed by atoms with van der Waals surface area (Å²) < 4.78 is 13.4. The van der Waals surface area contributed by atoms with Crippen molar-refractivity contribution in [3.63, 3.8) is 0 Å². The molecule has 5 rings (SSSR count). The third kappa shape index (κ3) is 3.08. The van der Waals surface area contributed by atoms with Crippen molar-refractivity contribution in [3.8, 4) is 17.2 Å². The van der Waals surface area contributed by atoms with E-state index in [2.05, 4.69) is 15.4 Å². The SMILES string of the molecule is O=C(Cn1cnc2c(cnn2-c2ccccc2)c1=O)Nc1ccc2c(c1)OCO2. The predicted octanol–water partition coefficient (Wildman–Crippen LogP) is 1.95. The number of nitrogens with one attached hydrogen (secondary N) is 1. The zero-order valence-electron chi connectivity index (χ0n) is 15.1. The number of carbonyl (C=O) groups excluding carboxylic acids is 1. The maximum Gasteiger partial charge on any atom is 0.264 e. The molecule has 1 aliphatic heterocycles. The second kappa shape index (κ2) is 6.79. The predicted molar refractivity (Wildman–Crippen MR) is 104 cm³/mol. The van der Waals surface area contributed by atoms with Crippen LogP contribution in [0.15, 0.2) is 65.8 Å². The van der Waals surface area contributed by atoms with Crippen LogP contribution in [-0.4, -0.2) is 32.0 Å². The molecule has 0 saturated heterocycles. The Hall–Kier alpha value is -4.14. The monoisotopic (exact) mass is 389 g/mol. The first kappa shape index (κ1) is 17.0. The Morgan fingerprint density at radius 1 is 1.10 bits per heavy atom. The second-order valence-electron chi connectivity index (χ2n) is 6.42. The summed E-state index contributed by atoms with van der Waals surface area (Å²) in [5.41, 5.74) is 1.46. The van der Waals surface area contributed by atoms with Crippen molar-refractivity contribution >= 4 is 22.6 Å². The standard InChI is InChI=1S/C20H15N5O4/c26-18(23-13-6-7-16-17(8-13)29-12-28-16)10-24-11-21-19-15(20(24)27)9-22-25(19)14-4-2-1-3-5-14/h1-9,11H,10,12H2,(H,23,26). The number of ether oxygens (including phenoxy) is 2. The van der Waals surface area contributed by atoms with Crippen LogP contribution in [0.3, 0.4) is 0 Å². The minimum atomic E-state index is -0.359. The number of benzene rings is 2. The van der Waals surface area contributed by atoms with Gasteiger partial charge in [0, 0.05) is 11.8 Å². The highest BCUT2D eigenvalue weighted by Crippen LogP contribution is 2.34. The van der Waals surface area contributed by atoms with E-state index in [9.17, 15) is 9.59 Å². The molecule has 0 aliphatic carbocycles. The van der Waals surface area contributed by atoms with Gasteiger partial charge in [0.15, 0.2) is 17.1 Å². The van der Waals surface area contributed by atoms with Crippen LogP contribution in [-0.2, 0) is 11.3 Å². The number of aromatic nitrogens is 4. The summed E-state index contributed by atoms with van der Waals surface area (Å²) in [5, 5.41) is 7.35. The average molecular weight is 389 g/mol. The molecule has 0 radical (unpaired) electrons. The summed E-state index contributed by atoms with van der Waals surface area (Å²) in [6, 6.07) is 14.5. The molecule has 1 amide bonds. The summed E-state index contributed by atoms with van der Waals surface area (Å²) in [6.45, 7) is -0.0167. The molecule has 0 spiro atoms. The van der Waals surface area contributed by atoms with Crippen molar-refractivity contribution in [1.29, 1.82) is 0 Å². The van der Waals surface area contributed by atoms with E-state index < -0.39 is 0 Å². The summed E-state index contributed by atoms with van der Waals surface area (Å²) in [5.74, 6) is 0.836. The van der Waals surface area contributed by atoms with Gasteiger partial charge in [-0.25, -0.2) is 9.67 Å². The molecule has 3 heterocycles. The quantitative estimate of drug-likeness (QED) is 0.573. The molecular formula is C20H15N5O4. The highest BCUT2D eigenvalue weighted by molar-refractivity contribution is 5.91. The molecule has 4 aromatic rings. The van der Waals surface area contributed by atoms with Crippen molar-refractivity contribution in [3.05, 3.63) is 71.4 Å². The Bertz CT molecular complexity index is 1280. The summed E-state index contributed by atoms with van der Waals surface area (Å²) in [4.78, 5) is 29.5. The van der Waals surface area contributed by atoms with E-state index in [4.69, 9.17) is 9.47 Å². The fourth-order valence-corrected chi connectivity index (χ4v) is 3.15. The Kier molecular flexibility index (Phi) is 3.98. The number of amides is 1. The van der Waals surface area contributed by atoms with Crippen LogP contribution < -0.4 is 20.3 Å². The molecule has 0 bridgehead atoms. The lowest BCUT2D eigenvalue weighted by molar-refractivity contribution is -0.116. The van der Waals surface area contributed by atoms with E-state index in [1.165, 1.54) is 17.1 Å². The van der Waals surface area contributed by atoms with Gasteiger partial charge < -0.3 is 14.8 Å². The van der Waals surface area contributed by atoms with Gasteiger partial charge in [0.2, 0.25) is 12.7 Å². The third-order valence-corrected chi connectivity index (χ3v) is 4.53. The fourth-order valence-electron chi connectivity index (χ4n) is 3.15. The number of hydrogen-bond acceptors (Lipinski definition) is 6. The summed E-state index contributed by atoms with van der Waals surface area (Å²) >= 11 is 0. The number of para-hydroxylation sites is 1. The minimum Gasteiger partial charge on any atom is -0.454 e. The number of rotatable bonds is 4. The number of carbonyl (C=O) groups is 1. The van der Waals surface area contributed by atoms with Crippen molar-refractivity contribution in [2.45, 2.75) is 6.54 Å². The largest absolute Gasteiger partial charge is 0.454 e. The molecule has 0 atom stereocenters. The van der Waals surface area contributed by atoms with E-state index in [-0.39, 0.29) is 24.8 Å². The van der Waals surface area contributed by atoms with E-state index in [0.717, 1.165) is 5.69 Å². The fraction of sp³-hybridized carbons (Fsp3) is 0.100. The van der Waals surface area contributed by atoms with Gasteiger partial charge in [-0.05, 0) is 24.3 Å². The van der Waals surface area contributed by atoms with Crippen molar-refractivity contribution in [2.24, 2.45) is 0 Å². The van der Waals surface area contributed by atoms with Crippen LogP contribution in [0.25, 0.3) is 16.7 Å². The van der Waals surface area contributed by atoms with Crippen LogP contribution in [0.1, 0.15) is 0 Å². The molecule has 9 nitrogen and oxygen atoms in total. The average Bonchev–Trinajstić information content (AvgIpc) is 3.37. The van der Waals surface area contributed by atoms with E-state index in [1.54, 1.807) is 22.9 Å². The van der Waals surface area contributed by atoms with Gasteiger partial charge >= 0.3 is 0 Å². The normalized spacial score (nSPS) is 12.3. The first-order valence-corrected chi connectivity index (χ1v) is 8.87. The second-order valence-corrected chi connectivity index (χ2v) is 6.42. The Morgan fingerprint density at radius 2 is 1.93 bits per heavy atom. The lowest BCUT2D eigenvalue weighted by Crippen LogP contribution is -2.27. The molecule has 9 heteroatoms. The van der Waals surface area contributed by atoms with E-state index >= 15 is 0 Å². The molecule has 0 unspecified atom stereocenters. The highest BCUT2D eigenvalue weighted by atomic mass is 16.7. The first-order chi connectivity index (χ1) is 14.2. The van der Waals surface area contributed by atoms with Gasteiger partial charge in [-0.15, -0.1) is 0 Å². The smallest absolute Gasteiger partial charge is 0.264 e. The molecular weight excluding hydrogens is 374 g/mol. The summed E-state index contributed by atoms with van der Waals surface area (Å²) in [6.07, 6.45) is 2.81. The topological polar surface area (TPSA) is 100 Å². The number of anilines is 1. The Balaban J connectivity index is 1.39. The zero-order chi connectivity index (χ0) is 19.8. The lowest BCUT2D eigenvalue weighted by atomic mass is 10.3. The van der Waals surface area contributed by atoms with Gasteiger partial charge in [-0.1, -0.05) is 18.2 Å². The molecule has 2 aromatic heterocycles. The van der Waals surface area contributed by atoms with Gasteiger partial charge in [0.05, 0.1) is 11.9 Å². The van der Waals surface area contributed by atoms with Gasteiger partial charge in [-0.2, -0.15) is 5.10 Å². The van der Waals surface area contributed by atoms with Crippen LogP contribution in [0, 0.1) is 0 Å². The lowest BCUT2D eigenvalue weighted by Gasteiger charge is -2.08. The van der Waals surface area contributed by atoms with Crippen LogP contribution >= 0.6 is 0 Å². The third-order valence-electron chi connectivity index (χ3n) is 4.53. The number of fused-ring (bicyclic) bond motifs is 2. The van der Waals surface area contributed by atoms with Crippen LogP contribution in [0.4, 0.5) is 5.69 Å². The maximum absolute atomic E-state index is 12.8. The molecule has 29 heavy (non-hydrogen) atoms. The zero-order valence-corrected chi connectivity index (χ0v) is 15.1. The molecule has 1 aliphatic rings. The van der Waals surface area contributed by atoms with Crippen LogP contribution in [0.2, 0.25) is 0 Å². The molecule has 0 fully saturated rings. The number of nitrogens with zero attached hydrogens (tertiary/aromatic N) is 4.